The van der Waals surface area contributed by atoms with Crippen LogP contribution in [0.2, 0.25) is 5.02 Å². The molecule has 1 fully saturated rings. The van der Waals surface area contributed by atoms with Crippen molar-refractivity contribution in [2.45, 2.75) is 32.0 Å². The number of anilines is 2. The fourth-order valence-corrected chi connectivity index (χ4v) is 2.15. The molecule has 0 atom stereocenters. The number of benzene rings is 1. The van der Waals surface area contributed by atoms with E-state index in [1.807, 2.05) is 0 Å². The molecule has 0 aromatic heterocycles. The Bertz CT molecular complexity index is 455. The summed E-state index contributed by atoms with van der Waals surface area (Å²) in [6.07, 6.45) is -2.64. The maximum atomic E-state index is 12.6. The van der Waals surface area contributed by atoms with Crippen molar-refractivity contribution in [3.05, 3.63) is 22.7 Å². The Morgan fingerprint density at radius 1 is 1.39 bits per heavy atom. The Labute approximate surface area is 109 Å². The molecule has 6 heteroatoms. The lowest BCUT2D eigenvalue weighted by molar-refractivity contribution is -0.120. The van der Waals surface area contributed by atoms with Gasteiger partial charge in [0.1, 0.15) is 6.54 Å². The van der Waals surface area contributed by atoms with E-state index in [1.165, 1.54) is 11.0 Å². The van der Waals surface area contributed by atoms with Crippen LogP contribution in [0, 0.1) is 6.92 Å². The molecule has 1 aliphatic rings. The number of rotatable bonds is 3. The third-order valence-electron chi connectivity index (χ3n) is 2.96. The first kappa shape index (κ1) is 13.3. The molecule has 0 saturated heterocycles. The van der Waals surface area contributed by atoms with E-state index in [0.29, 0.717) is 22.0 Å². The van der Waals surface area contributed by atoms with E-state index in [0.717, 1.165) is 12.8 Å². The van der Waals surface area contributed by atoms with Crippen LogP contribution in [0.1, 0.15) is 18.4 Å². The molecule has 100 valence electrons. The molecular formula is C12H14ClF3N2. The van der Waals surface area contributed by atoms with Crippen molar-refractivity contribution in [1.29, 1.82) is 0 Å². The molecule has 0 spiro atoms. The second-order valence-corrected chi connectivity index (χ2v) is 5.04. The molecule has 2 N–H and O–H groups in total. The third kappa shape index (κ3) is 3.02. The molecule has 1 aromatic rings. The molecule has 0 unspecified atom stereocenters. The van der Waals surface area contributed by atoms with Gasteiger partial charge in [0, 0.05) is 11.7 Å². The zero-order valence-corrected chi connectivity index (χ0v) is 10.6. The molecule has 0 amide bonds. The summed E-state index contributed by atoms with van der Waals surface area (Å²) in [6, 6.07) is 3.10. The zero-order valence-electron chi connectivity index (χ0n) is 9.89. The molecule has 0 heterocycles. The monoisotopic (exact) mass is 278 g/mol. The van der Waals surface area contributed by atoms with Gasteiger partial charge >= 0.3 is 6.18 Å². The average Bonchev–Trinajstić information content (AvgIpc) is 3.02. The maximum Gasteiger partial charge on any atom is 0.405 e. The van der Waals surface area contributed by atoms with Crippen LogP contribution in [0.5, 0.6) is 0 Å². The summed E-state index contributed by atoms with van der Waals surface area (Å²) in [4.78, 5) is 1.38. The standard InChI is InChI=1S/C12H14ClF3N2/c1-7-4-10(17)9(13)5-11(7)18(8-2-3-8)6-12(14,15)16/h4-5,8H,2-3,6,17H2,1H3. The fraction of sp³-hybridized carbons (Fsp3) is 0.500. The minimum absolute atomic E-state index is 0.0370. The summed E-state index contributed by atoms with van der Waals surface area (Å²) in [6.45, 7) is 0.798. The van der Waals surface area contributed by atoms with Crippen molar-refractivity contribution in [3.63, 3.8) is 0 Å². The number of nitrogen functional groups attached to an aromatic ring is 1. The van der Waals surface area contributed by atoms with E-state index >= 15 is 0 Å². The first-order valence-electron chi connectivity index (χ1n) is 5.67. The second-order valence-electron chi connectivity index (χ2n) is 4.63. The van der Waals surface area contributed by atoms with Crippen LogP contribution in [0.3, 0.4) is 0 Å². The topological polar surface area (TPSA) is 29.3 Å². The van der Waals surface area contributed by atoms with Gasteiger partial charge in [-0.05, 0) is 37.5 Å². The van der Waals surface area contributed by atoms with E-state index in [2.05, 4.69) is 0 Å². The van der Waals surface area contributed by atoms with Crippen LogP contribution in [0.4, 0.5) is 24.5 Å². The van der Waals surface area contributed by atoms with Crippen molar-refractivity contribution in [1.82, 2.24) is 0 Å². The number of hydrogen-bond donors (Lipinski definition) is 1. The van der Waals surface area contributed by atoms with Crippen LogP contribution in [0.25, 0.3) is 0 Å². The Hall–Kier alpha value is -1.10. The number of hydrogen-bond acceptors (Lipinski definition) is 2. The van der Waals surface area contributed by atoms with Gasteiger partial charge in [-0.1, -0.05) is 11.6 Å². The van der Waals surface area contributed by atoms with Gasteiger partial charge in [-0.2, -0.15) is 13.2 Å². The number of alkyl halides is 3. The number of nitrogens with zero attached hydrogens (tertiary/aromatic N) is 1. The van der Waals surface area contributed by atoms with Crippen molar-refractivity contribution < 1.29 is 13.2 Å². The normalized spacial score (nSPS) is 15.8. The molecule has 0 bridgehead atoms. The Balaban J connectivity index is 2.34. The molecule has 2 rings (SSSR count). The summed E-state index contributed by atoms with van der Waals surface area (Å²) >= 11 is 5.89. The van der Waals surface area contributed by atoms with Crippen molar-refractivity contribution in [3.8, 4) is 0 Å². The quantitative estimate of drug-likeness (QED) is 0.853. The second kappa shape index (κ2) is 4.53. The van der Waals surface area contributed by atoms with E-state index in [-0.39, 0.29) is 6.04 Å². The van der Waals surface area contributed by atoms with Crippen LogP contribution in [-0.2, 0) is 0 Å². The highest BCUT2D eigenvalue weighted by molar-refractivity contribution is 6.33. The molecule has 0 aliphatic heterocycles. The molecule has 1 aliphatic carbocycles. The summed E-state index contributed by atoms with van der Waals surface area (Å²) < 4.78 is 37.8. The molecule has 1 aromatic carbocycles. The highest BCUT2D eigenvalue weighted by atomic mass is 35.5. The zero-order chi connectivity index (χ0) is 13.5. The predicted molar refractivity (Wildman–Crippen MR) is 67.0 cm³/mol. The van der Waals surface area contributed by atoms with Gasteiger partial charge in [0.2, 0.25) is 0 Å². The van der Waals surface area contributed by atoms with E-state index in [9.17, 15) is 13.2 Å². The lowest BCUT2D eigenvalue weighted by Gasteiger charge is -2.28. The van der Waals surface area contributed by atoms with Gasteiger partial charge < -0.3 is 10.6 Å². The lowest BCUT2D eigenvalue weighted by Crippen LogP contribution is -2.36. The van der Waals surface area contributed by atoms with E-state index < -0.39 is 12.7 Å². The molecule has 2 nitrogen and oxygen atoms in total. The van der Waals surface area contributed by atoms with Crippen molar-refractivity contribution in [2.75, 3.05) is 17.2 Å². The van der Waals surface area contributed by atoms with Crippen LogP contribution in [0.15, 0.2) is 12.1 Å². The van der Waals surface area contributed by atoms with Gasteiger partial charge in [0.05, 0.1) is 10.7 Å². The van der Waals surface area contributed by atoms with Crippen molar-refractivity contribution in [2.24, 2.45) is 0 Å². The molecular weight excluding hydrogens is 265 g/mol. The van der Waals surface area contributed by atoms with Gasteiger partial charge in [-0.3, -0.25) is 0 Å². The molecule has 0 radical (unpaired) electrons. The molecule has 18 heavy (non-hydrogen) atoms. The minimum Gasteiger partial charge on any atom is -0.398 e. The molecule has 1 saturated carbocycles. The first-order valence-corrected chi connectivity index (χ1v) is 6.05. The van der Waals surface area contributed by atoms with E-state index in [4.69, 9.17) is 17.3 Å². The SMILES string of the molecule is Cc1cc(N)c(Cl)cc1N(CC(F)(F)F)C1CC1. The fourth-order valence-electron chi connectivity index (χ4n) is 1.99. The van der Waals surface area contributed by atoms with Crippen LogP contribution in [-0.4, -0.2) is 18.8 Å². The van der Waals surface area contributed by atoms with Crippen LogP contribution < -0.4 is 10.6 Å². The van der Waals surface area contributed by atoms with Gasteiger partial charge in [-0.25, -0.2) is 0 Å². The summed E-state index contributed by atoms with van der Waals surface area (Å²) in [7, 11) is 0. The van der Waals surface area contributed by atoms with Gasteiger partial charge in [0.25, 0.3) is 0 Å². The summed E-state index contributed by atoms with van der Waals surface area (Å²) in [5.41, 5.74) is 7.26. The van der Waals surface area contributed by atoms with E-state index in [1.54, 1.807) is 13.0 Å². The highest BCUT2D eigenvalue weighted by Gasteiger charge is 2.38. The Morgan fingerprint density at radius 2 is 2.00 bits per heavy atom. The number of halogens is 4. The van der Waals surface area contributed by atoms with Gasteiger partial charge in [0.15, 0.2) is 0 Å². The predicted octanol–water partition coefficient (Wildman–Crippen LogP) is 3.76. The first-order chi connectivity index (χ1) is 8.28. The highest BCUT2D eigenvalue weighted by Crippen LogP contribution is 2.38. The number of aryl methyl sites for hydroxylation is 1. The Morgan fingerprint density at radius 3 is 2.50 bits per heavy atom. The smallest absolute Gasteiger partial charge is 0.398 e. The summed E-state index contributed by atoms with van der Waals surface area (Å²) in [5, 5.41) is 0.295. The largest absolute Gasteiger partial charge is 0.405 e. The average molecular weight is 279 g/mol. The minimum atomic E-state index is -4.22. The summed E-state index contributed by atoms with van der Waals surface area (Å²) in [5.74, 6) is 0. The Kier molecular flexibility index (Phi) is 3.36. The maximum absolute atomic E-state index is 12.6. The lowest BCUT2D eigenvalue weighted by atomic mass is 10.1. The third-order valence-corrected chi connectivity index (χ3v) is 3.29. The van der Waals surface area contributed by atoms with Crippen molar-refractivity contribution >= 4 is 23.0 Å². The van der Waals surface area contributed by atoms with Crippen LogP contribution >= 0.6 is 11.6 Å². The van der Waals surface area contributed by atoms with Gasteiger partial charge in [-0.15, -0.1) is 0 Å². The number of nitrogens with two attached hydrogens (primary N) is 1.